The normalized spacial score (nSPS) is 12.8. The summed E-state index contributed by atoms with van der Waals surface area (Å²) in [6, 6.07) is 7.68. The Bertz CT molecular complexity index is 1130. The van der Waals surface area contributed by atoms with Gasteiger partial charge in [-0.2, -0.15) is 4.98 Å². The Morgan fingerprint density at radius 2 is 2.00 bits per heavy atom. The third-order valence-electron chi connectivity index (χ3n) is 3.90. The lowest BCUT2D eigenvalue weighted by atomic mass is 10.1. The number of amides is 2. The number of carbonyl (C=O) groups is 2. The van der Waals surface area contributed by atoms with Crippen LogP contribution in [-0.2, 0) is 0 Å². The molecule has 0 unspecified atom stereocenters. The van der Waals surface area contributed by atoms with Gasteiger partial charge < -0.3 is 10.5 Å². The third kappa shape index (κ3) is 2.24. The van der Waals surface area contributed by atoms with Crippen LogP contribution in [-0.4, -0.2) is 33.6 Å². The van der Waals surface area contributed by atoms with Gasteiger partial charge in [-0.3, -0.25) is 28.8 Å². The molecular weight excluding hydrogens is 342 g/mol. The van der Waals surface area contributed by atoms with Crippen molar-refractivity contribution in [3.8, 4) is 23.2 Å². The number of nitrogens with two attached hydrogens (primary N) is 1. The molecule has 1 aliphatic heterocycles. The number of carbonyl (C=O) groups excluding carboxylic acids is 2. The second-order valence-corrected chi connectivity index (χ2v) is 5.41. The first-order chi connectivity index (χ1) is 12.5. The maximum absolute atomic E-state index is 12.5. The van der Waals surface area contributed by atoms with Crippen LogP contribution in [0, 0.1) is 0 Å². The van der Waals surface area contributed by atoms with Crippen LogP contribution in [0.15, 0.2) is 39.6 Å². The van der Waals surface area contributed by atoms with Gasteiger partial charge in [-0.25, -0.2) is 0 Å². The molecule has 2 aromatic heterocycles. The molecule has 3 aromatic rings. The topological polar surface area (TPSA) is 142 Å². The van der Waals surface area contributed by atoms with Gasteiger partial charge in [0.25, 0.3) is 17.4 Å². The first-order valence-electron chi connectivity index (χ1n) is 7.39. The second kappa shape index (κ2) is 5.55. The molecule has 3 heterocycles. The summed E-state index contributed by atoms with van der Waals surface area (Å²) in [6.07, 6.45) is -0.00482. The molecule has 10 nitrogen and oxygen atoms in total. The number of aromatic nitrogens is 3. The maximum atomic E-state index is 12.5. The maximum Gasteiger partial charge on any atom is 0.417 e. The van der Waals surface area contributed by atoms with Crippen LogP contribution < -0.4 is 21.3 Å². The number of benzene rings is 1. The Morgan fingerprint density at radius 1 is 1.19 bits per heavy atom. The molecular formula is C16H11N5O5. The number of imide groups is 1. The second-order valence-electron chi connectivity index (χ2n) is 5.41. The Kier molecular flexibility index (Phi) is 3.32. The molecule has 0 fully saturated rings. The smallest absolute Gasteiger partial charge is 0.417 e. The zero-order valence-corrected chi connectivity index (χ0v) is 13.3. The van der Waals surface area contributed by atoms with E-state index in [-0.39, 0.29) is 28.8 Å². The predicted octanol–water partition coefficient (Wildman–Crippen LogP) is 0.362. The highest BCUT2D eigenvalue weighted by atomic mass is 16.6. The largest absolute Gasteiger partial charge is 0.452 e. The number of hydrogen-bond donors (Lipinski definition) is 2. The van der Waals surface area contributed by atoms with E-state index in [0.717, 1.165) is 10.6 Å². The molecule has 10 heteroatoms. The molecule has 4 rings (SSSR count). The highest BCUT2D eigenvalue weighted by Crippen LogP contribution is 2.25. The fourth-order valence-electron chi connectivity index (χ4n) is 2.74. The number of nitrogens with one attached hydrogen (secondary N) is 1. The van der Waals surface area contributed by atoms with Gasteiger partial charge in [0, 0.05) is 11.6 Å². The van der Waals surface area contributed by atoms with Crippen molar-refractivity contribution in [3.63, 3.8) is 0 Å². The van der Waals surface area contributed by atoms with Crippen molar-refractivity contribution in [2.24, 2.45) is 0 Å². The van der Waals surface area contributed by atoms with Crippen LogP contribution in [0.25, 0.3) is 17.1 Å². The summed E-state index contributed by atoms with van der Waals surface area (Å²) < 4.78 is 10.9. The van der Waals surface area contributed by atoms with Gasteiger partial charge in [0.1, 0.15) is 5.82 Å². The SMILES string of the molecule is COc1nc(-c2cccc(-n3c(N)c4c(cc3=O)C(=O)NC4=O)c2)no1. The molecule has 0 saturated heterocycles. The van der Waals surface area contributed by atoms with Crippen molar-refractivity contribution >= 4 is 17.6 Å². The van der Waals surface area contributed by atoms with E-state index < -0.39 is 17.4 Å². The highest BCUT2D eigenvalue weighted by molar-refractivity contribution is 6.23. The Morgan fingerprint density at radius 3 is 2.73 bits per heavy atom. The van der Waals surface area contributed by atoms with Gasteiger partial charge in [0.05, 0.1) is 23.9 Å². The van der Waals surface area contributed by atoms with E-state index in [1.54, 1.807) is 24.3 Å². The minimum atomic E-state index is -0.645. The molecule has 0 atom stereocenters. The molecule has 1 aromatic carbocycles. The van der Waals surface area contributed by atoms with E-state index in [1.807, 2.05) is 0 Å². The van der Waals surface area contributed by atoms with Crippen LogP contribution in [0.2, 0.25) is 0 Å². The van der Waals surface area contributed by atoms with Gasteiger partial charge in [-0.05, 0) is 12.1 Å². The molecule has 1 aliphatic rings. The molecule has 0 aliphatic carbocycles. The van der Waals surface area contributed by atoms with E-state index >= 15 is 0 Å². The van der Waals surface area contributed by atoms with Crippen molar-refractivity contribution < 1.29 is 18.8 Å². The first-order valence-corrected chi connectivity index (χ1v) is 7.39. The standard InChI is InChI=1S/C16H11N5O5/c1-25-16-18-13(20-26-16)7-3-2-4-8(5-7)21-10(22)6-9-11(12(21)17)15(24)19-14(9)23/h2-6H,17H2,1H3,(H,19,23,24). The molecule has 3 N–H and O–H groups in total. The molecule has 2 amide bonds. The Hall–Kier alpha value is -3.95. The predicted molar refractivity (Wildman–Crippen MR) is 88.1 cm³/mol. The van der Waals surface area contributed by atoms with Crippen molar-refractivity contribution in [1.29, 1.82) is 0 Å². The molecule has 0 bridgehead atoms. The van der Waals surface area contributed by atoms with E-state index in [4.69, 9.17) is 15.0 Å². The van der Waals surface area contributed by atoms with Gasteiger partial charge in [-0.1, -0.05) is 17.3 Å². The highest BCUT2D eigenvalue weighted by Gasteiger charge is 2.31. The van der Waals surface area contributed by atoms with Crippen LogP contribution in [0.4, 0.5) is 5.82 Å². The molecule has 130 valence electrons. The van der Waals surface area contributed by atoms with Crippen molar-refractivity contribution in [2.45, 2.75) is 0 Å². The lowest BCUT2D eigenvalue weighted by Crippen LogP contribution is -2.24. The number of anilines is 1. The summed E-state index contributed by atoms with van der Waals surface area (Å²) in [5.74, 6) is -1.16. The fourth-order valence-corrected chi connectivity index (χ4v) is 2.74. The summed E-state index contributed by atoms with van der Waals surface area (Å²) in [7, 11) is 1.39. The van der Waals surface area contributed by atoms with E-state index in [1.165, 1.54) is 7.11 Å². The lowest BCUT2D eigenvalue weighted by molar-refractivity contribution is 0.0880. The molecule has 0 saturated carbocycles. The van der Waals surface area contributed by atoms with Gasteiger partial charge in [0.15, 0.2) is 0 Å². The van der Waals surface area contributed by atoms with Gasteiger partial charge >= 0.3 is 6.08 Å². The Labute approximate surface area is 145 Å². The monoisotopic (exact) mass is 353 g/mol. The molecule has 26 heavy (non-hydrogen) atoms. The quantitative estimate of drug-likeness (QED) is 0.643. The van der Waals surface area contributed by atoms with E-state index in [9.17, 15) is 14.4 Å². The fraction of sp³-hybridized carbons (Fsp3) is 0.0625. The average Bonchev–Trinajstić information content (AvgIpc) is 3.20. The number of rotatable bonds is 3. The lowest BCUT2D eigenvalue weighted by Gasteiger charge is -2.12. The zero-order chi connectivity index (χ0) is 18.4. The van der Waals surface area contributed by atoms with Crippen molar-refractivity contribution in [1.82, 2.24) is 20.0 Å². The summed E-state index contributed by atoms with van der Waals surface area (Å²) in [6.45, 7) is 0. The number of pyridine rings is 1. The summed E-state index contributed by atoms with van der Waals surface area (Å²) in [5, 5.41) is 5.90. The minimum Gasteiger partial charge on any atom is -0.452 e. The van der Waals surface area contributed by atoms with Gasteiger partial charge in [-0.15, -0.1) is 0 Å². The minimum absolute atomic E-state index is 0.00482. The number of ether oxygens (including phenoxy) is 1. The number of methoxy groups -OCH3 is 1. The van der Waals surface area contributed by atoms with E-state index in [0.29, 0.717) is 11.3 Å². The van der Waals surface area contributed by atoms with Crippen LogP contribution in [0.5, 0.6) is 6.08 Å². The number of hydrogen-bond acceptors (Lipinski definition) is 8. The number of nitrogen functional groups attached to an aromatic ring is 1. The summed E-state index contributed by atoms with van der Waals surface area (Å²) in [4.78, 5) is 40.2. The van der Waals surface area contributed by atoms with E-state index in [2.05, 4.69) is 15.5 Å². The summed E-state index contributed by atoms with van der Waals surface area (Å²) in [5.41, 5.74) is 6.33. The van der Waals surface area contributed by atoms with Crippen LogP contribution in [0.1, 0.15) is 20.7 Å². The van der Waals surface area contributed by atoms with Crippen molar-refractivity contribution in [3.05, 3.63) is 51.8 Å². The number of nitrogens with zero attached hydrogens (tertiary/aromatic N) is 3. The third-order valence-corrected chi connectivity index (χ3v) is 3.90. The van der Waals surface area contributed by atoms with Crippen molar-refractivity contribution in [2.75, 3.05) is 12.8 Å². The summed E-state index contributed by atoms with van der Waals surface area (Å²) >= 11 is 0. The Balaban J connectivity index is 1.88. The number of fused-ring (bicyclic) bond motifs is 1. The van der Waals surface area contributed by atoms with Crippen LogP contribution in [0.3, 0.4) is 0 Å². The first kappa shape index (κ1) is 15.6. The average molecular weight is 353 g/mol. The van der Waals surface area contributed by atoms with Crippen LogP contribution >= 0.6 is 0 Å². The molecule has 0 radical (unpaired) electrons. The molecule has 0 spiro atoms. The zero-order valence-electron chi connectivity index (χ0n) is 13.3. The van der Waals surface area contributed by atoms with Gasteiger partial charge in [0.2, 0.25) is 5.82 Å².